The maximum Gasteiger partial charge on any atom is 0.151 e. The van der Waals surface area contributed by atoms with Crippen LogP contribution in [0.5, 0.6) is 0 Å². The summed E-state index contributed by atoms with van der Waals surface area (Å²) in [6.07, 6.45) is 0. The Morgan fingerprint density at radius 1 is 1.50 bits per heavy atom. The molecule has 1 heterocycles. The number of nitrogen functional groups attached to an aromatic ring is 1. The Morgan fingerprint density at radius 3 is 2.75 bits per heavy atom. The van der Waals surface area contributed by atoms with Crippen molar-refractivity contribution in [3.8, 4) is 0 Å². The van der Waals surface area contributed by atoms with Gasteiger partial charge < -0.3 is 10.6 Å². The number of rotatable bonds is 2. The number of hydrogen-bond acceptors (Lipinski definition) is 3. The third-order valence-electron chi connectivity index (χ3n) is 1.88. The molecule has 0 saturated heterocycles. The summed E-state index contributed by atoms with van der Waals surface area (Å²) in [5, 5.41) is 0. The summed E-state index contributed by atoms with van der Waals surface area (Å²) in [5.74, 6) is 0.873. The minimum atomic E-state index is 0.741. The molecule has 0 aliphatic heterocycles. The van der Waals surface area contributed by atoms with Gasteiger partial charge in [-0.05, 0) is 26.0 Å². The molecule has 12 heavy (non-hydrogen) atoms. The monoisotopic (exact) mass is 165 g/mol. The first-order valence-electron chi connectivity index (χ1n) is 4.09. The van der Waals surface area contributed by atoms with Gasteiger partial charge >= 0.3 is 0 Å². The molecule has 0 aliphatic carbocycles. The summed E-state index contributed by atoms with van der Waals surface area (Å²) >= 11 is 0. The van der Waals surface area contributed by atoms with Crippen LogP contribution in [-0.4, -0.2) is 18.6 Å². The van der Waals surface area contributed by atoms with Crippen LogP contribution >= 0.6 is 0 Å². The van der Waals surface area contributed by atoms with Gasteiger partial charge in [-0.1, -0.05) is 0 Å². The van der Waals surface area contributed by atoms with Crippen molar-refractivity contribution in [1.29, 1.82) is 0 Å². The zero-order valence-corrected chi connectivity index (χ0v) is 7.83. The zero-order valence-electron chi connectivity index (χ0n) is 7.83. The van der Waals surface area contributed by atoms with E-state index in [0.29, 0.717) is 0 Å². The van der Waals surface area contributed by atoms with Crippen LogP contribution in [-0.2, 0) is 0 Å². The molecule has 3 heteroatoms. The van der Waals surface area contributed by atoms with Crippen LogP contribution in [0.1, 0.15) is 12.6 Å². The SMILES string of the molecule is CCN(C)c1nc(C)ccc1N. The van der Waals surface area contributed by atoms with E-state index in [1.165, 1.54) is 0 Å². The number of anilines is 2. The van der Waals surface area contributed by atoms with Crippen molar-refractivity contribution >= 4 is 11.5 Å². The van der Waals surface area contributed by atoms with Crippen molar-refractivity contribution in [2.24, 2.45) is 0 Å². The number of nitrogens with zero attached hydrogens (tertiary/aromatic N) is 2. The highest BCUT2D eigenvalue weighted by molar-refractivity contribution is 5.62. The Labute approximate surface area is 73.2 Å². The molecule has 0 amide bonds. The highest BCUT2D eigenvalue weighted by Crippen LogP contribution is 2.18. The Kier molecular flexibility index (Phi) is 2.53. The normalized spacial score (nSPS) is 9.92. The highest BCUT2D eigenvalue weighted by atomic mass is 15.2. The molecule has 0 bridgehead atoms. The summed E-state index contributed by atoms with van der Waals surface area (Å²) in [6.45, 7) is 4.95. The Hall–Kier alpha value is -1.25. The predicted octanol–water partition coefficient (Wildman–Crippen LogP) is 1.43. The van der Waals surface area contributed by atoms with Crippen molar-refractivity contribution in [3.05, 3.63) is 17.8 Å². The standard InChI is InChI=1S/C9H15N3/c1-4-12(3)9-8(10)6-5-7(2)11-9/h5-6H,4,10H2,1-3H3. The van der Waals surface area contributed by atoms with Crippen LogP contribution in [0.15, 0.2) is 12.1 Å². The molecule has 66 valence electrons. The van der Waals surface area contributed by atoms with E-state index in [-0.39, 0.29) is 0 Å². The second kappa shape index (κ2) is 3.43. The fourth-order valence-corrected chi connectivity index (χ4v) is 1.01. The first kappa shape index (κ1) is 8.84. The van der Waals surface area contributed by atoms with Gasteiger partial charge in [0, 0.05) is 19.3 Å². The molecule has 3 nitrogen and oxygen atoms in total. The molecule has 0 fully saturated rings. The van der Waals surface area contributed by atoms with Crippen LogP contribution in [0, 0.1) is 6.92 Å². The van der Waals surface area contributed by atoms with Gasteiger partial charge in [-0.15, -0.1) is 0 Å². The molecule has 0 unspecified atom stereocenters. The van der Waals surface area contributed by atoms with E-state index in [0.717, 1.165) is 23.7 Å². The van der Waals surface area contributed by atoms with Gasteiger partial charge in [0.1, 0.15) is 0 Å². The van der Waals surface area contributed by atoms with E-state index >= 15 is 0 Å². The van der Waals surface area contributed by atoms with Crippen molar-refractivity contribution < 1.29 is 0 Å². The number of nitrogens with two attached hydrogens (primary N) is 1. The molecule has 1 rings (SSSR count). The molecule has 0 saturated carbocycles. The number of aromatic nitrogens is 1. The van der Waals surface area contributed by atoms with Crippen molar-refractivity contribution in [2.45, 2.75) is 13.8 Å². The average molecular weight is 165 g/mol. The second-order valence-corrected chi connectivity index (χ2v) is 2.88. The summed E-state index contributed by atoms with van der Waals surface area (Å²) in [6, 6.07) is 3.81. The molecule has 2 N–H and O–H groups in total. The minimum Gasteiger partial charge on any atom is -0.396 e. The molecule has 0 aromatic carbocycles. The van der Waals surface area contributed by atoms with E-state index in [1.54, 1.807) is 0 Å². The van der Waals surface area contributed by atoms with Gasteiger partial charge in [-0.25, -0.2) is 4.98 Å². The van der Waals surface area contributed by atoms with Crippen LogP contribution in [0.2, 0.25) is 0 Å². The lowest BCUT2D eigenvalue weighted by molar-refractivity contribution is 0.933. The maximum atomic E-state index is 5.76. The summed E-state index contributed by atoms with van der Waals surface area (Å²) in [5.41, 5.74) is 7.50. The van der Waals surface area contributed by atoms with Crippen molar-refractivity contribution in [3.63, 3.8) is 0 Å². The Balaban J connectivity index is 3.04. The number of hydrogen-bond donors (Lipinski definition) is 1. The average Bonchev–Trinajstić information content (AvgIpc) is 2.08. The second-order valence-electron chi connectivity index (χ2n) is 2.88. The van der Waals surface area contributed by atoms with Gasteiger partial charge in [0.15, 0.2) is 5.82 Å². The van der Waals surface area contributed by atoms with E-state index in [9.17, 15) is 0 Å². The Bertz CT molecular complexity index is 270. The van der Waals surface area contributed by atoms with Crippen LogP contribution < -0.4 is 10.6 Å². The fourth-order valence-electron chi connectivity index (χ4n) is 1.01. The van der Waals surface area contributed by atoms with Gasteiger partial charge in [0.2, 0.25) is 0 Å². The maximum absolute atomic E-state index is 5.76. The molecule has 1 aromatic heterocycles. The lowest BCUT2D eigenvalue weighted by Gasteiger charge is -2.17. The van der Waals surface area contributed by atoms with E-state index in [1.807, 2.05) is 31.0 Å². The zero-order chi connectivity index (χ0) is 9.14. The lowest BCUT2D eigenvalue weighted by atomic mass is 10.3. The van der Waals surface area contributed by atoms with Gasteiger partial charge in [-0.2, -0.15) is 0 Å². The van der Waals surface area contributed by atoms with Crippen molar-refractivity contribution in [2.75, 3.05) is 24.2 Å². The van der Waals surface area contributed by atoms with E-state index in [2.05, 4.69) is 11.9 Å². The summed E-state index contributed by atoms with van der Waals surface area (Å²) in [7, 11) is 1.98. The van der Waals surface area contributed by atoms with E-state index < -0.39 is 0 Å². The topological polar surface area (TPSA) is 42.2 Å². The number of aryl methyl sites for hydroxylation is 1. The Morgan fingerprint density at radius 2 is 2.17 bits per heavy atom. The van der Waals surface area contributed by atoms with Crippen LogP contribution in [0.25, 0.3) is 0 Å². The fraction of sp³-hybridized carbons (Fsp3) is 0.444. The van der Waals surface area contributed by atoms with Crippen LogP contribution in [0.4, 0.5) is 11.5 Å². The summed E-state index contributed by atoms with van der Waals surface area (Å²) < 4.78 is 0. The third kappa shape index (κ3) is 1.67. The molecule has 0 aliphatic rings. The van der Waals surface area contributed by atoms with Gasteiger partial charge in [0.25, 0.3) is 0 Å². The quantitative estimate of drug-likeness (QED) is 0.720. The first-order chi connectivity index (χ1) is 5.65. The third-order valence-corrected chi connectivity index (χ3v) is 1.88. The van der Waals surface area contributed by atoms with Gasteiger partial charge in [0.05, 0.1) is 5.69 Å². The largest absolute Gasteiger partial charge is 0.396 e. The molecule has 0 spiro atoms. The van der Waals surface area contributed by atoms with Crippen molar-refractivity contribution in [1.82, 2.24) is 4.98 Å². The number of pyridine rings is 1. The predicted molar refractivity (Wildman–Crippen MR) is 52.3 cm³/mol. The molecule has 1 aromatic rings. The smallest absolute Gasteiger partial charge is 0.151 e. The lowest BCUT2D eigenvalue weighted by Crippen LogP contribution is -2.19. The molecular weight excluding hydrogens is 150 g/mol. The minimum absolute atomic E-state index is 0.741. The molecular formula is C9H15N3. The van der Waals surface area contributed by atoms with Crippen LogP contribution in [0.3, 0.4) is 0 Å². The van der Waals surface area contributed by atoms with Gasteiger partial charge in [-0.3, -0.25) is 0 Å². The first-order valence-corrected chi connectivity index (χ1v) is 4.09. The summed E-state index contributed by atoms with van der Waals surface area (Å²) in [4.78, 5) is 6.37. The molecule has 0 radical (unpaired) electrons. The highest BCUT2D eigenvalue weighted by Gasteiger charge is 2.04. The van der Waals surface area contributed by atoms with E-state index in [4.69, 9.17) is 5.73 Å². The molecule has 0 atom stereocenters.